The lowest BCUT2D eigenvalue weighted by Crippen LogP contribution is -1.88. The molecule has 1 aromatic rings. The molecule has 0 saturated heterocycles. The van der Waals surface area contributed by atoms with Crippen LogP contribution in [0, 0.1) is 0 Å². The molecule has 0 spiro atoms. The fourth-order valence-corrected chi connectivity index (χ4v) is 0.736. The average Bonchev–Trinajstić information content (AvgIpc) is 2.07. The van der Waals surface area contributed by atoms with Crippen LogP contribution in [0.3, 0.4) is 0 Å². The van der Waals surface area contributed by atoms with Gasteiger partial charge in [0.15, 0.2) is 0 Å². The van der Waals surface area contributed by atoms with Crippen LogP contribution in [0.4, 0.5) is 5.69 Å². The number of hydrogen-bond donors (Lipinski definition) is 1. The lowest BCUT2D eigenvalue weighted by molar-refractivity contribution is 1.35. The second-order valence-electron chi connectivity index (χ2n) is 1.94. The smallest absolute Gasteiger partial charge is 0.0595 e. The zero-order valence-electron chi connectivity index (χ0n) is 6.00. The van der Waals surface area contributed by atoms with Gasteiger partial charge in [-0.15, -0.1) is 11.6 Å². The van der Waals surface area contributed by atoms with Crippen molar-refractivity contribution in [2.24, 2.45) is 5.10 Å². The summed E-state index contributed by atoms with van der Waals surface area (Å²) in [6, 6.07) is 9.71. The topological polar surface area (TPSA) is 24.4 Å². The molecule has 0 aliphatic heterocycles. The third kappa shape index (κ3) is 3.05. The third-order valence-corrected chi connectivity index (χ3v) is 1.27. The van der Waals surface area contributed by atoms with Gasteiger partial charge in [0.25, 0.3) is 0 Å². The van der Waals surface area contributed by atoms with Gasteiger partial charge in [-0.25, -0.2) is 0 Å². The zero-order chi connectivity index (χ0) is 7.94. The molecule has 0 radical (unpaired) electrons. The molecule has 11 heavy (non-hydrogen) atoms. The number of alkyl halides is 1. The van der Waals surface area contributed by atoms with Gasteiger partial charge in [-0.3, -0.25) is 5.43 Å². The number of anilines is 1. The van der Waals surface area contributed by atoms with Crippen molar-refractivity contribution in [2.75, 3.05) is 11.3 Å². The van der Waals surface area contributed by atoms with Crippen molar-refractivity contribution in [3.8, 4) is 0 Å². The highest BCUT2D eigenvalue weighted by Crippen LogP contribution is 2.03. The molecule has 0 unspecified atom stereocenters. The molecule has 0 aliphatic carbocycles. The van der Waals surface area contributed by atoms with E-state index in [0.717, 1.165) is 5.69 Å². The van der Waals surface area contributed by atoms with E-state index >= 15 is 0 Å². The lowest BCUT2D eigenvalue weighted by atomic mass is 10.3. The Hall–Kier alpha value is -1.02. The van der Waals surface area contributed by atoms with Gasteiger partial charge in [-0.1, -0.05) is 18.2 Å². The van der Waals surface area contributed by atoms with Crippen molar-refractivity contribution in [2.45, 2.75) is 0 Å². The zero-order valence-corrected chi connectivity index (χ0v) is 6.75. The molecular weight excluding hydrogens is 160 g/mol. The van der Waals surface area contributed by atoms with Gasteiger partial charge >= 0.3 is 0 Å². The van der Waals surface area contributed by atoms with Gasteiger partial charge in [0.05, 0.1) is 11.6 Å². The van der Waals surface area contributed by atoms with Crippen LogP contribution < -0.4 is 5.43 Å². The summed E-state index contributed by atoms with van der Waals surface area (Å²) in [4.78, 5) is 0. The molecule has 0 fully saturated rings. The summed E-state index contributed by atoms with van der Waals surface area (Å²) in [6.45, 7) is 0. The van der Waals surface area contributed by atoms with Gasteiger partial charge in [0.2, 0.25) is 0 Å². The Morgan fingerprint density at radius 1 is 1.36 bits per heavy atom. The van der Waals surface area contributed by atoms with Gasteiger partial charge in [-0.05, 0) is 12.1 Å². The van der Waals surface area contributed by atoms with Crippen LogP contribution in [-0.2, 0) is 0 Å². The molecule has 0 atom stereocenters. The van der Waals surface area contributed by atoms with Crippen LogP contribution in [0.1, 0.15) is 0 Å². The first kappa shape index (κ1) is 8.08. The number of para-hydroxylation sites is 1. The molecule has 0 saturated carbocycles. The minimum Gasteiger partial charge on any atom is -0.279 e. The molecule has 2 nitrogen and oxygen atoms in total. The van der Waals surface area contributed by atoms with Gasteiger partial charge < -0.3 is 0 Å². The highest BCUT2D eigenvalue weighted by atomic mass is 35.5. The molecule has 0 bridgehead atoms. The highest BCUT2D eigenvalue weighted by Gasteiger charge is 1.82. The Bertz CT molecular complexity index is 221. The van der Waals surface area contributed by atoms with E-state index < -0.39 is 0 Å². The van der Waals surface area contributed by atoms with Gasteiger partial charge in [0, 0.05) is 6.21 Å². The number of nitrogens with one attached hydrogen (secondary N) is 1. The predicted octanol–water partition coefficient (Wildman–Crippen LogP) is 2.32. The summed E-state index contributed by atoms with van der Waals surface area (Å²) in [6.07, 6.45) is 1.61. The fourth-order valence-electron chi connectivity index (χ4n) is 0.667. The molecule has 0 aliphatic rings. The summed E-state index contributed by atoms with van der Waals surface area (Å²) in [5.41, 5.74) is 3.80. The first-order valence-electron chi connectivity index (χ1n) is 3.32. The molecule has 3 heteroatoms. The molecular formula is C8H9ClN2. The first-order chi connectivity index (χ1) is 5.43. The quantitative estimate of drug-likeness (QED) is 0.418. The Morgan fingerprint density at radius 3 is 2.73 bits per heavy atom. The molecule has 0 amide bonds. The van der Waals surface area contributed by atoms with Crippen molar-refractivity contribution >= 4 is 23.5 Å². The number of hydrazone groups is 1. The number of hydrogen-bond acceptors (Lipinski definition) is 2. The molecule has 0 aromatic heterocycles. The van der Waals surface area contributed by atoms with Gasteiger partial charge in [0.1, 0.15) is 0 Å². The summed E-state index contributed by atoms with van der Waals surface area (Å²) >= 11 is 5.38. The predicted molar refractivity (Wildman–Crippen MR) is 49.3 cm³/mol. The Morgan fingerprint density at radius 2 is 2.09 bits per heavy atom. The maximum Gasteiger partial charge on any atom is 0.0595 e. The number of benzene rings is 1. The highest BCUT2D eigenvalue weighted by molar-refractivity contribution is 6.24. The Labute approximate surface area is 70.9 Å². The summed E-state index contributed by atoms with van der Waals surface area (Å²) in [5, 5.41) is 3.85. The molecule has 1 rings (SSSR count). The molecule has 58 valence electrons. The first-order valence-corrected chi connectivity index (χ1v) is 3.85. The van der Waals surface area contributed by atoms with Crippen LogP contribution in [0.15, 0.2) is 35.4 Å². The molecule has 1 N–H and O–H groups in total. The van der Waals surface area contributed by atoms with E-state index in [-0.39, 0.29) is 0 Å². The van der Waals surface area contributed by atoms with Crippen LogP contribution in [0.5, 0.6) is 0 Å². The fraction of sp³-hybridized carbons (Fsp3) is 0.125. The van der Waals surface area contributed by atoms with Crippen LogP contribution in [-0.4, -0.2) is 12.1 Å². The van der Waals surface area contributed by atoms with E-state index in [1.54, 1.807) is 6.21 Å². The van der Waals surface area contributed by atoms with Crippen molar-refractivity contribution in [1.82, 2.24) is 0 Å². The summed E-state index contributed by atoms with van der Waals surface area (Å²) < 4.78 is 0. The largest absolute Gasteiger partial charge is 0.279 e. The van der Waals surface area contributed by atoms with Crippen molar-refractivity contribution in [3.05, 3.63) is 30.3 Å². The van der Waals surface area contributed by atoms with E-state index in [9.17, 15) is 0 Å². The maximum absolute atomic E-state index is 5.38. The number of halogens is 1. The van der Waals surface area contributed by atoms with Crippen LogP contribution in [0.2, 0.25) is 0 Å². The monoisotopic (exact) mass is 168 g/mol. The van der Waals surface area contributed by atoms with E-state index in [2.05, 4.69) is 10.5 Å². The SMILES string of the molecule is ClCC=NNc1ccccc1. The van der Waals surface area contributed by atoms with E-state index in [1.807, 2.05) is 30.3 Å². The normalized spacial score (nSPS) is 10.3. The lowest BCUT2D eigenvalue weighted by Gasteiger charge is -1.96. The van der Waals surface area contributed by atoms with E-state index in [4.69, 9.17) is 11.6 Å². The van der Waals surface area contributed by atoms with E-state index in [0.29, 0.717) is 5.88 Å². The Balaban J connectivity index is 2.45. The van der Waals surface area contributed by atoms with Crippen LogP contribution >= 0.6 is 11.6 Å². The minimum absolute atomic E-state index is 0.430. The van der Waals surface area contributed by atoms with Crippen LogP contribution in [0.25, 0.3) is 0 Å². The van der Waals surface area contributed by atoms with Crippen molar-refractivity contribution in [1.29, 1.82) is 0 Å². The minimum atomic E-state index is 0.430. The Kier molecular flexibility index (Phi) is 3.48. The van der Waals surface area contributed by atoms with Gasteiger partial charge in [-0.2, -0.15) is 5.10 Å². The number of rotatable bonds is 3. The number of nitrogens with zero attached hydrogens (tertiary/aromatic N) is 1. The molecule has 1 aromatic carbocycles. The van der Waals surface area contributed by atoms with Crippen molar-refractivity contribution in [3.63, 3.8) is 0 Å². The maximum atomic E-state index is 5.38. The molecule has 0 heterocycles. The second kappa shape index (κ2) is 4.74. The van der Waals surface area contributed by atoms with Crippen molar-refractivity contribution < 1.29 is 0 Å². The summed E-state index contributed by atoms with van der Waals surface area (Å²) in [7, 11) is 0. The standard InChI is InChI=1S/C8H9ClN2/c9-6-7-10-11-8-4-2-1-3-5-8/h1-5,7,11H,6H2. The average molecular weight is 169 g/mol. The van der Waals surface area contributed by atoms with E-state index in [1.165, 1.54) is 0 Å². The second-order valence-corrected chi connectivity index (χ2v) is 2.25. The summed E-state index contributed by atoms with van der Waals surface area (Å²) in [5.74, 6) is 0.430. The third-order valence-electron chi connectivity index (χ3n) is 1.13.